The van der Waals surface area contributed by atoms with Crippen LogP contribution in [0.5, 0.6) is 0 Å². The fourth-order valence-corrected chi connectivity index (χ4v) is 3.30. The van der Waals surface area contributed by atoms with Crippen LogP contribution in [0.1, 0.15) is 5.56 Å². The third kappa shape index (κ3) is 4.22. The molecule has 1 radical (unpaired) electrons. The van der Waals surface area contributed by atoms with E-state index in [9.17, 15) is 14.7 Å². The first-order valence-corrected chi connectivity index (χ1v) is 7.98. The Morgan fingerprint density at radius 2 is 2.14 bits per heavy atom. The van der Waals surface area contributed by atoms with Gasteiger partial charge in [0.1, 0.15) is 12.1 Å². The van der Waals surface area contributed by atoms with Crippen LogP contribution >= 0.6 is 11.8 Å². The lowest BCUT2D eigenvalue weighted by Gasteiger charge is -2.34. The lowest BCUT2D eigenvalue weighted by Crippen LogP contribution is -2.55. The summed E-state index contributed by atoms with van der Waals surface area (Å²) >= 11 is 1.59. The molecule has 2 atom stereocenters. The molecule has 2 amide bonds. The number of benzene rings is 1. The molecule has 21 heavy (non-hydrogen) atoms. The first-order valence-electron chi connectivity index (χ1n) is 6.82. The van der Waals surface area contributed by atoms with E-state index in [1.165, 1.54) is 4.90 Å². The molecule has 0 bridgehead atoms. The molecular weight excluding hydrogens is 288 g/mol. The first-order chi connectivity index (χ1) is 10.1. The summed E-state index contributed by atoms with van der Waals surface area (Å²) in [7, 11) is 0. The number of carbonyl (C=O) groups excluding carboxylic acids is 2. The minimum atomic E-state index is -1.21. The summed E-state index contributed by atoms with van der Waals surface area (Å²) < 4.78 is 0. The minimum Gasteiger partial charge on any atom is -0.383 e. The molecule has 1 aliphatic heterocycles. The first kappa shape index (κ1) is 15.9. The van der Waals surface area contributed by atoms with Gasteiger partial charge in [0.25, 0.3) is 5.91 Å². The van der Waals surface area contributed by atoms with E-state index in [2.05, 4.69) is 0 Å². The zero-order valence-corrected chi connectivity index (χ0v) is 12.5. The van der Waals surface area contributed by atoms with Gasteiger partial charge in [0, 0.05) is 24.5 Å². The van der Waals surface area contributed by atoms with Gasteiger partial charge in [-0.2, -0.15) is 11.8 Å². The second-order valence-electron chi connectivity index (χ2n) is 4.89. The molecule has 0 spiro atoms. The topological polar surface area (TPSA) is 83.6 Å². The monoisotopic (exact) mass is 307 g/mol. The molecule has 0 aromatic heterocycles. The van der Waals surface area contributed by atoms with Crippen molar-refractivity contribution < 1.29 is 14.7 Å². The molecule has 1 heterocycles. The summed E-state index contributed by atoms with van der Waals surface area (Å²) in [6.07, 6.45) is 0.838. The van der Waals surface area contributed by atoms with Gasteiger partial charge in [-0.3, -0.25) is 9.59 Å². The van der Waals surface area contributed by atoms with Gasteiger partial charge >= 0.3 is 0 Å². The number of hydrogen-bond acceptors (Lipinski definition) is 4. The van der Waals surface area contributed by atoms with E-state index in [-0.39, 0.29) is 0 Å². The molecule has 1 aliphatic rings. The highest BCUT2D eigenvalue weighted by molar-refractivity contribution is 7.99. The van der Waals surface area contributed by atoms with Gasteiger partial charge in [-0.15, -0.1) is 0 Å². The molecule has 1 aromatic carbocycles. The quantitative estimate of drug-likeness (QED) is 0.815. The van der Waals surface area contributed by atoms with Gasteiger partial charge in [-0.25, -0.2) is 0 Å². The van der Waals surface area contributed by atoms with E-state index in [1.54, 1.807) is 18.2 Å². The second-order valence-corrected chi connectivity index (χ2v) is 6.04. The fourth-order valence-electron chi connectivity index (χ4n) is 2.24. The summed E-state index contributed by atoms with van der Waals surface area (Å²) in [5.41, 5.74) is 6.34. The molecule has 3 N–H and O–H groups in total. The second kappa shape index (κ2) is 7.47. The normalized spacial score (nSPS) is 20.0. The zero-order chi connectivity index (χ0) is 15.2. The summed E-state index contributed by atoms with van der Waals surface area (Å²) in [6.45, 7) is 0.438. The number of aliphatic hydroxyl groups is 1. The van der Waals surface area contributed by atoms with Crippen LogP contribution in [0.2, 0.25) is 0 Å². The molecule has 6 heteroatoms. The Labute approximate surface area is 128 Å². The highest BCUT2D eigenvalue weighted by Gasteiger charge is 2.33. The number of amides is 2. The van der Waals surface area contributed by atoms with Gasteiger partial charge in [0.15, 0.2) is 0 Å². The van der Waals surface area contributed by atoms with Crippen molar-refractivity contribution in [1.82, 2.24) is 4.90 Å². The van der Waals surface area contributed by atoms with Crippen molar-refractivity contribution in [1.29, 1.82) is 0 Å². The molecule has 2 rings (SSSR count). The number of nitrogens with zero attached hydrogens (tertiary/aromatic N) is 1. The van der Waals surface area contributed by atoms with E-state index in [4.69, 9.17) is 5.73 Å². The molecule has 1 saturated heterocycles. The minimum absolute atomic E-state index is 0.438. The van der Waals surface area contributed by atoms with Crippen molar-refractivity contribution in [3.05, 3.63) is 42.3 Å². The lowest BCUT2D eigenvalue weighted by atomic mass is 10.1. The Balaban J connectivity index is 1.93. The number of hydrogen-bond donors (Lipinski definition) is 2. The lowest BCUT2D eigenvalue weighted by molar-refractivity contribution is -0.144. The summed E-state index contributed by atoms with van der Waals surface area (Å²) in [5, 5.41) is 10.0. The van der Waals surface area contributed by atoms with E-state index in [0.717, 1.165) is 11.3 Å². The smallest absolute Gasteiger partial charge is 0.252 e. The molecule has 1 unspecified atom stereocenters. The van der Waals surface area contributed by atoms with Crippen molar-refractivity contribution in [2.24, 2.45) is 5.73 Å². The molecule has 1 aromatic rings. The van der Waals surface area contributed by atoms with Crippen LogP contribution in [0.25, 0.3) is 0 Å². The van der Waals surface area contributed by atoms with Crippen LogP contribution in [0.15, 0.2) is 30.3 Å². The summed E-state index contributed by atoms with van der Waals surface area (Å²) in [6, 6.07) is 8.95. The number of primary amides is 1. The predicted octanol–water partition coefficient (Wildman–Crippen LogP) is 0.224. The van der Waals surface area contributed by atoms with Crippen LogP contribution in [0, 0.1) is 6.42 Å². The van der Waals surface area contributed by atoms with E-state index in [1.807, 2.05) is 30.3 Å². The SMILES string of the molecule is NC(=O)C1CSCCN1C(=O)[C@H](O)[CH]Cc1ccccc1. The largest absolute Gasteiger partial charge is 0.383 e. The molecule has 0 aliphatic carbocycles. The van der Waals surface area contributed by atoms with Crippen molar-refractivity contribution in [2.45, 2.75) is 18.6 Å². The number of carbonyl (C=O) groups is 2. The number of aliphatic hydroxyl groups excluding tert-OH is 1. The van der Waals surface area contributed by atoms with E-state index >= 15 is 0 Å². The van der Waals surface area contributed by atoms with Crippen molar-refractivity contribution in [3.63, 3.8) is 0 Å². The molecule has 5 nitrogen and oxygen atoms in total. The van der Waals surface area contributed by atoms with Crippen molar-refractivity contribution >= 4 is 23.6 Å². The van der Waals surface area contributed by atoms with Gasteiger partial charge in [0.2, 0.25) is 5.91 Å². The van der Waals surface area contributed by atoms with Gasteiger partial charge < -0.3 is 15.7 Å². The third-order valence-corrected chi connectivity index (χ3v) is 4.44. The Morgan fingerprint density at radius 1 is 1.43 bits per heavy atom. The molecule has 0 saturated carbocycles. The maximum absolute atomic E-state index is 12.3. The molecule has 1 fully saturated rings. The average molecular weight is 307 g/mol. The van der Waals surface area contributed by atoms with Gasteiger partial charge in [0.05, 0.1) is 0 Å². The Kier molecular flexibility index (Phi) is 5.64. The average Bonchev–Trinajstić information content (AvgIpc) is 2.52. The summed E-state index contributed by atoms with van der Waals surface area (Å²) in [4.78, 5) is 25.0. The van der Waals surface area contributed by atoms with Crippen molar-refractivity contribution in [3.8, 4) is 0 Å². The fraction of sp³-hybridized carbons (Fsp3) is 0.400. The van der Waals surface area contributed by atoms with E-state index < -0.39 is 24.0 Å². The van der Waals surface area contributed by atoms with E-state index in [0.29, 0.717) is 18.7 Å². The Bertz CT molecular complexity index is 495. The van der Waals surface area contributed by atoms with Crippen LogP contribution in [0.3, 0.4) is 0 Å². The maximum atomic E-state index is 12.3. The van der Waals surface area contributed by atoms with Gasteiger partial charge in [-0.1, -0.05) is 30.3 Å². The molecular formula is C15H19N2O3S. The van der Waals surface area contributed by atoms with Crippen LogP contribution < -0.4 is 5.73 Å². The zero-order valence-electron chi connectivity index (χ0n) is 11.6. The highest BCUT2D eigenvalue weighted by Crippen LogP contribution is 2.18. The standard InChI is InChI=1S/C15H19N2O3S/c16-14(19)12-10-21-9-8-17(12)15(20)13(18)7-6-11-4-2-1-3-5-11/h1-5,7,12-13,18H,6,8-10H2,(H2,16,19)/t12?,13-/m1/s1. The van der Waals surface area contributed by atoms with Crippen LogP contribution in [-0.2, 0) is 16.0 Å². The Morgan fingerprint density at radius 3 is 2.81 bits per heavy atom. The van der Waals surface area contributed by atoms with Gasteiger partial charge in [-0.05, 0) is 12.0 Å². The highest BCUT2D eigenvalue weighted by atomic mass is 32.2. The van der Waals surface area contributed by atoms with Crippen LogP contribution in [0.4, 0.5) is 0 Å². The predicted molar refractivity (Wildman–Crippen MR) is 82.5 cm³/mol. The number of nitrogens with two attached hydrogens (primary N) is 1. The molecule has 113 valence electrons. The number of thioether (sulfide) groups is 1. The number of rotatable bonds is 5. The van der Waals surface area contributed by atoms with Crippen molar-refractivity contribution in [2.75, 3.05) is 18.1 Å². The maximum Gasteiger partial charge on any atom is 0.252 e. The van der Waals surface area contributed by atoms with Crippen LogP contribution in [-0.4, -0.2) is 52.0 Å². The Hall–Kier alpha value is -1.53. The third-order valence-electron chi connectivity index (χ3n) is 3.41. The summed E-state index contributed by atoms with van der Waals surface area (Å²) in [5.74, 6) is 0.272.